The molecule has 2 rings (SSSR count). The van der Waals surface area contributed by atoms with Gasteiger partial charge in [0, 0.05) is 18.9 Å². The van der Waals surface area contributed by atoms with Gasteiger partial charge in [-0.2, -0.15) is 0 Å². The molecule has 1 fully saturated rings. The van der Waals surface area contributed by atoms with Gasteiger partial charge in [-0.3, -0.25) is 0 Å². The topological polar surface area (TPSA) is 18.5 Å². The first kappa shape index (κ1) is 22.2. The maximum absolute atomic E-state index is 6.00. The summed E-state index contributed by atoms with van der Waals surface area (Å²) in [6, 6.07) is 10.4. The van der Waals surface area contributed by atoms with Crippen molar-refractivity contribution in [2.75, 3.05) is 13.2 Å². The Hall–Kier alpha value is -1.08. The minimum atomic E-state index is -1.64. The van der Waals surface area contributed by atoms with Crippen LogP contribution in [-0.2, 0) is 16.1 Å². The molecule has 0 N–H and O–H groups in total. The molecule has 150 valence electrons. The van der Waals surface area contributed by atoms with Gasteiger partial charge < -0.3 is 9.47 Å². The second-order valence-corrected chi connectivity index (χ2v) is 14.4. The number of ether oxygens (including phenoxy) is 2. The molecule has 0 aromatic heterocycles. The highest BCUT2D eigenvalue weighted by molar-refractivity contribution is 6.90. The largest absolute Gasteiger partial charge is 0.377 e. The molecule has 0 spiro atoms. The van der Waals surface area contributed by atoms with Crippen molar-refractivity contribution in [3.8, 4) is 11.5 Å². The summed E-state index contributed by atoms with van der Waals surface area (Å²) in [6.07, 6.45) is 2.16. The molecule has 2 nitrogen and oxygen atoms in total. The summed E-state index contributed by atoms with van der Waals surface area (Å²) in [6.45, 7) is 16.5. The average molecular weight is 387 g/mol. The van der Waals surface area contributed by atoms with Crippen LogP contribution in [0.4, 0.5) is 0 Å². The van der Waals surface area contributed by atoms with E-state index in [4.69, 9.17) is 9.47 Å². The van der Waals surface area contributed by atoms with Crippen molar-refractivity contribution in [3.05, 3.63) is 35.9 Å². The van der Waals surface area contributed by atoms with Gasteiger partial charge >= 0.3 is 0 Å². The first-order chi connectivity index (χ1) is 12.9. The molecule has 1 aliphatic heterocycles. The zero-order valence-electron chi connectivity index (χ0n) is 18.1. The van der Waals surface area contributed by atoms with Gasteiger partial charge in [0.25, 0.3) is 0 Å². The minimum Gasteiger partial charge on any atom is -0.377 e. The molecule has 0 unspecified atom stereocenters. The van der Waals surface area contributed by atoms with Crippen LogP contribution in [0.1, 0.15) is 59.9 Å². The molecular weight excluding hydrogens is 348 g/mol. The van der Waals surface area contributed by atoms with E-state index in [1.54, 1.807) is 0 Å². The summed E-state index contributed by atoms with van der Waals surface area (Å²) in [7, 11) is -1.64. The van der Waals surface area contributed by atoms with Crippen LogP contribution < -0.4 is 0 Å². The predicted octanol–water partition coefficient (Wildman–Crippen LogP) is 6.22. The summed E-state index contributed by atoms with van der Waals surface area (Å²) in [5.74, 6) is 4.05. The maximum atomic E-state index is 6.00. The van der Waals surface area contributed by atoms with Crippen LogP contribution in [0.25, 0.3) is 0 Å². The highest BCUT2D eigenvalue weighted by atomic mass is 28.3. The van der Waals surface area contributed by atoms with E-state index < -0.39 is 8.07 Å². The van der Waals surface area contributed by atoms with Crippen LogP contribution in [-0.4, -0.2) is 27.4 Å². The lowest BCUT2D eigenvalue weighted by Crippen LogP contribution is -2.43. The monoisotopic (exact) mass is 386 g/mol. The highest BCUT2D eigenvalue weighted by Gasteiger charge is 2.41. The van der Waals surface area contributed by atoms with Gasteiger partial charge in [-0.15, -0.1) is 11.5 Å². The van der Waals surface area contributed by atoms with Crippen LogP contribution in [0.2, 0.25) is 16.6 Å². The molecule has 0 aliphatic carbocycles. The highest BCUT2D eigenvalue weighted by Crippen LogP contribution is 2.40. The Morgan fingerprint density at radius 1 is 1.04 bits per heavy atom. The Morgan fingerprint density at radius 3 is 2.26 bits per heavy atom. The second-order valence-electron chi connectivity index (χ2n) is 8.86. The standard InChI is InChI=1S/C24H38O2Si/c1-19(2)27(20(3)4,21(5)6)16-10-13-24-23(14-15-26-24)18-25-17-22-11-8-7-9-12-22/h7-9,11-12,19-21,23-24H,13-15,17-18H2,1-6H3/t23-,24-/m0/s1. The van der Waals surface area contributed by atoms with Crippen molar-refractivity contribution in [1.29, 1.82) is 0 Å². The fourth-order valence-electron chi connectivity index (χ4n) is 4.75. The lowest BCUT2D eigenvalue weighted by molar-refractivity contribution is 0.0397. The zero-order valence-corrected chi connectivity index (χ0v) is 19.1. The molecular formula is C24H38O2Si. The van der Waals surface area contributed by atoms with E-state index in [0.717, 1.165) is 26.1 Å². The summed E-state index contributed by atoms with van der Waals surface area (Å²) >= 11 is 0. The smallest absolute Gasteiger partial charge is 0.145 e. The van der Waals surface area contributed by atoms with Crippen LogP contribution in [0.3, 0.4) is 0 Å². The molecule has 1 aromatic carbocycles. The summed E-state index contributed by atoms with van der Waals surface area (Å²) in [5.41, 5.74) is 7.10. The van der Waals surface area contributed by atoms with Crippen LogP contribution >= 0.6 is 0 Å². The number of hydrogen-bond donors (Lipinski definition) is 0. The molecule has 0 radical (unpaired) electrons. The number of benzene rings is 1. The van der Waals surface area contributed by atoms with Gasteiger partial charge in [0.05, 0.1) is 19.3 Å². The van der Waals surface area contributed by atoms with Crippen LogP contribution in [0.5, 0.6) is 0 Å². The SMILES string of the molecule is CC(C)[Si](C#CC[C@@H]1OCC[C@H]1COCc1ccccc1)(C(C)C)C(C)C. The van der Waals surface area contributed by atoms with Gasteiger partial charge in [0.15, 0.2) is 0 Å². The van der Waals surface area contributed by atoms with E-state index in [0.29, 0.717) is 29.1 Å². The van der Waals surface area contributed by atoms with Crippen molar-refractivity contribution in [2.24, 2.45) is 5.92 Å². The Kier molecular flexibility index (Phi) is 8.60. The van der Waals surface area contributed by atoms with E-state index in [-0.39, 0.29) is 6.10 Å². The first-order valence-electron chi connectivity index (χ1n) is 10.6. The van der Waals surface area contributed by atoms with Gasteiger partial charge in [0.2, 0.25) is 0 Å². The van der Waals surface area contributed by atoms with E-state index in [9.17, 15) is 0 Å². The number of rotatable bonds is 8. The maximum Gasteiger partial charge on any atom is 0.145 e. The summed E-state index contributed by atoms with van der Waals surface area (Å²) in [5, 5.41) is 0. The lowest BCUT2D eigenvalue weighted by atomic mass is 10.0. The Balaban J connectivity index is 1.93. The van der Waals surface area contributed by atoms with Gasteiger partial charge in [-0.25, -0.2) is 0 Å². The molecule has 1 saturated heterocycles. The molecule has 1 aliphatic rings. The van der Waals surface area contributed by atoms with Gasteiger partial charge in [-0.1, -0.05) is 71.9 Å². The van der Waals surface area contributed by atoms with Gasteiger partial charge in [0.1, 0.15) is 8.07 Å². The van der Waals surface area contributed by atoms with E-state index >= 15 is 0 Å². The van der Waals surface area contributed by atoms with E-state index in [2.05, 4.69) is 77.3 Å². The molecule has 27 heavy (non-hydrogen) atoms. The van der Waals surface area contributed by atoms with Crippen molar-refractivity contribution >= 4 is 8.07 Å². The molecule has 1 aromatic rings. The second kappa shape index (κ2) is 10.5. The van der Waals surface area contributed by atoms with Crippen molar-refractivity contribution in [1.82, 2.24) is 0 Å². The molecule has 0 bridgehead atoms. The Morgan fingerprint density at radius 2 is 1.67 bits per heavy atom. The molecule has 0 amide bonds. The number of hydrogen-bond acceptors (Lipinski definition) is 2. The summed E-state index contributed by atoms with van der Waals surface area (Å²) in [4.78, 5) is 0. The van der Waals surface area contributed by atoms with Crippen LogP contribution in [0, 0.1) is 17.4 Å². The minimum absolute atomic E-state index is 0.228. The fourth-order valence-corrected chi connectivity index (χ4v) is 10.0. The van der Waals surface area contributed by atoms with E-state index in [1.165, 1.54) is 5.56 Å². The lowest BCUT2D eigenvalue weighted by Gasteiger charge is -2.38. The molecule has 2 atom stereocenters. The quantitative estimate of drug-likeness (QED) is 0.390. The molecule has 1 heterocycles. The summed E-state index contributed by atoms with van der Waals surface area (Å²) < 4.78 is 12.0. The Labute approximate surface area is 168 Å². The third kappa shape index (κ3) is 5.70. The third-order valence-electron chi connectivity index (χ3n) is 6.26. The van der Waals surface area contributed by atoms with Crippen molar-refractivity contribution in [3.63, 3.8) is 0 Å². The van der Waals surface area contributed by atoms with Crippen LogP contribution in [0.15, 0.2) is 30.3 Å². The Bertz CT molecular complexity index is 590. The molecule has 3 heteroatoms. The molecule has 0 saturated carbocycles. The normalized spacial score (nSPS) is 20.3. The fraction of sp³-hybridized carbons (Fsp3) is 0.667. The third-order valence-corrected chi connectivity index (χ3v) is 12.6. The van der Waals surface area contributed by atoms with Gasteiger partial charge in [-0.05, 0) is 28.6 Å². The zero-order chi connectivity index (χ0) is 19.9. The average Bonchev–Trinajstić information content (AvgIpc) is 3.06. The van der Waals surface area contributed by atoms with E-state index in [1.807, 2.05) is 6.07 Å². The predicted molar refractivity (Wildman–Crippen MR) is 117 cm³/mol. The first-order valence-corrected chi connectivity index (χ1v) is 12.8. The van der Waals surface area contributed by atoms with Crippen molar-refractivity contribution < 1.29 is 9.47 Å². The van der Waals surface area contributed by atoms with Crippen molar-refractivity contribution in [2.45, 2.75) is 83.7 Å².